The van der Waals surface area contributed by atoms with Gasteiger partial charge in [0.1, 0.15) is 0 Å². The summed E-state index contributed by atoms with van der Waals surface area (Å²) >= 11 is 0. The first-order valence-corrected chi connectivity index (χ1v) is 4.73. The van der Waals surface area contributed by atoms with Gasteiger partial charge in [0.05, 0.1) is 6.61 Å². The monoisotopic (exact) mass is 205 g/mol. The first-order chi connectivity index (χ1) is 7.07. The molecule has 1 unspecified atom stereocenters. The van der Waals surface area contributed by atoms with Crippen LogP contribution in [0.5, 0.6) is 0 Å². The maximum absolute atomic E-state index is 11.2. The molecule has 3 N–H and O–H groups in total. The van der Waals surface area contributed by atoms with Crippen molar-refractivity contribution < 1.29 is 9.90 Å². The largest absolute Gasteiger partial charge is 0.395 e. The van der Waals surface area contributed by atoms with E-state index in [0.717, 1.165) is 11.1 Å². The van der Waals surface area contributed by atoms with Crippen molar-refractivity contribution >= 4 is 5.91 Å². The van der Waals surface area contributed by atoms with E-state index in [-0.39, 0.29) is 12.5 Å². The molecule has 0 aromatic heterocycles. The van der Waals surface area contributed by atoms with Crippen LogP contribution >= 0.6 is 0 Å². The molecular weight excluding hydrogens is 190 g/mol. The quantitative estimate of drug-likeness (QED) is 0.730. The smallest absolute Gasteiger partial charge is 0.249 e. The highest BCUT2D eigenvalue weighted by Gasteiger charge is 2.17. The van der Waals surface area contributed by atoms with E-state index in [1.807, 2.05) is 13.0 Å². The van der Waals surface area contributed by atoms with Crippen molar-refractivity contribution in [1.82, 2.24) is 0 Å². The summed E-state index contributed by atoms with van der Waals surface area (Å²) in [5.74, 6) is -0.709. The molecule has 80 valence electrons. The lowest BCUT2D eigenvalue weighted by Gasteiger charge is -2.17. The number of hydrogen-bond acceptors (Lipinski definition) is 2. The van der Waals surface area contributed by atoms with Gasteiger partial charge in [0.25, 0.3) is 0 Å². The molecule has 1 atom stereocenters. The maximum atomic E-state index is 11.2. The van der Waals surface area contributed by atoms with Gasteiger partial charge in [-0.15, -0.1) is 0 Å². The summed E-state index contributed by atoms with van der Waals surface area (Å²) < 4.78 is 0. The minimum absolute atomic E-state index is 0.0698. The van der Waals surface area contributed by atoms with E-state index >= 15 is 0 Å². The summed E-state index contributed by atoms with van der Waals surface area (Å²) in [7, 11) is 0. The Balaban J connectivity index is 3.22. The second-order valence-electron chi connectivity index (χ2n) is 3.53. The molecule has 1 rings (SSSR count). The van der Waals surface area contributed by atoms with Gasteiger partial charge in [-0.25, -0.2) is 0 Å². The van der Waals surface area contributed by atoms with Crippen molar-refractivity contribution in [3.8, 4) is 0 Å². The molecule has 0 bridgehead atoms. The lowest BCUT2D eigenvalue weighted by Crippen LogP contribution is -2.17. The minimum Gasteiger partial charge on any atom is -0.395 e. The number of aliphatic hydroxyl groups excluding tert-OH is 1. The zero-order chi connectivity index (χ0) is 11.4. The van der Waals surface area contributed by atoms with Crippen LogP contribution in [-0.4, -0.2) is 17.6 Å². The summed E-state index contributed by atoms with van der Waals surface area (Å²) in [6.07, 6.45) is 0. The predicted molar refractivity (Wildman–Crippen MR) is 59.6 cm³/mol. The van der Waals surface area contributed by atoms with Crippen LogP contribution in [0.2, 0.25) is 0 Å². The zero-order valence-electron chi connectivity index (χ0n) is 8.73. The van der Waals surface area contributed by atoms with Gasteiger partial charge >= 0.3 is 0 Å². The van der Waals surface area contributed by atoms with Gasteiger partial charge < -0.3 is 10.8 Å². The Bertz CT molecular complexity index is 385. The molecule has 0 aliphatic carbocycles. The number of amides is 1. The summed E-state index contributed by atoms with van der Waals surface area (Å²) in [6.45, 7) is 5.54. The molecule has 0 aliphatic heterocycles. The zero-order valence-corrected chi connectivity index (χ0v) is 8.73. The summed E-state index contributed by atoms with van der Waals surface area (Å²) in [5.41, 5.74) is 7.25. The highest BCUT2D eigenvalue weighted by atomic mass is 16.3. The number of carbonyl (C=O) groups is 1. The third kappa shape index (κ3) is 2.44. The molecule has 0 heterocycles. The average Bonchev–Trinajstić information content (AvgIpc) is 2.18. The molecule has 1 amide bonds. The van der Waals surface area contributed by atoms with Gasteiger partial charge in [0, 0.05) is 11.5 Å². The molecule has 0 saturated heterocycles. The average molecular weight is 205 g/mol. The van der Waals surface area contributed by atoms with E-state index in [1.165, 1.54) is 0 Å². The third-order valence-corrected chi connectivity index (χ3v) is 2.38. The number of rotatable bonds is 4. The Morgan fingerprint density at radius 3 is 2.60 bits per heavy atom. The van der Waals surface area contributed by atoms with Gasteiger partial charge in [-0.05, 0) is 18.6 Å². The fourth-order valence-electron chi connectivity index (χ4n) is 1.54. The van der Waals surface area contributed by atoms with Crippen LogP contribution in [0.1, 0.15) is 28.8 Å². The first kappa shape index (κ1) is 11.5. The van der Waals surface area contributed by atoms with Crippen LogP contribution in [0.15, 0.2) is 36.4 Å². The molecule has 0 radical (unpaired) electrons. The van der Waals surface area contributed by atoms with Crippen molar-refractivity contribution in [3.05, 3.63) is 47.5 Å². The Morgan fingerprint density at radius 2 is 2.13 bits per heavy atom. The lowest BCUT2D eigenvalue weighted by molar-refractivity contribution is 0.0999. The highest BCUT2D eigenvalue weighted by Crippen LogP contribution is 2.25. The normalized spacial score (nSPS) is 12.1. The van der Waals surface area contributed by atoms with Gasteiger partial charge in [-0.2, -0.15) is 0 Å². The van der Waals surface area contributed by atoms with E-state index in [1.54, 1.807) is 18.2 Å². The first-order valence-electron chi connectivity index (χ1n) is 4.73. The van der Waals surface area contributed by atoms with Crippen LogP contribution in [0.4, 0.5) is 0 Å². The number of benzene rings is 1. The topological polar surface area (TPSA) is 63.3 Å². The van der Waals surface area contributed by atoms with E-state index < -0.39 is 5.91 Å². The molecule has 3 heteroatoms. The third-order valence-electron chi connectivity index (χ3n) is 2.38. The Hall–Kier alpha value is -1.61. The number of carbonyl (C=O) groups excluding carboxylic acids is 1. The van der Waals surface area contributed by atoms with Crippen molar-refractivity contribution in [2.45, 2.75) is 12.8 Å². The van der Waals surface area contributed by atoms with Gasteiger partial charge in [-0.1, -0.05) is 30.4 Å². The Labute approximate surface area is 89.2 Å². The van der Waals surface area contributed by atoms with E-state index in [4.69, 9.17) is 5.73 Å². The van der Waals surface area contributed by atoms with E-state index in [9.17, 15) is 9.90 Å². The highest BCUT2D eigenvalue weighted by molar-refractivity contribution is 5.94. The molecule has 0 aliphatic rings. The number of nitrogens with two attached hydrogens (primary N) is 1. The number of aliphatic hydroxyl groups is 1. The summed E-state index contributed by atoms with van der Waals surface area (Å²) in [5, 5.41) is 9.24. The molecule has 3 nitrogen and oxygen atoms in total. The second kappa shape index (κ2) is 4.75. The molecule has 0 fully saturated rings. The Morgan fingerprint density at radius 1 is 1.53 bits per heavy atom. The maximum Gasteiger partial charge on any atom is 0.249 e. The van der Waals surface area contributed by atoms with Gasteiger partial charge in [0.15, 0.2) is 0 Å². The lowest BCUT2D eigenvalue weighted by atomic mass is 9.90. The molecule has 1 aromatic rings. The minimum atomic E-state index is -0.481. The van der Waals surface area contributed by atoms with Crippen LogP contribution < -0.4 is 5.73 Å². The van der Waals surface area contributed by atoms with Crippen LogP contribution in [-0.2, 0) is 0 Å². The molecular formula is C12H15NO2. The molecule has 0 spiro atoms. The van der Waals surface area contributed by atoms with Crippen LogP contribution in [0, 0.1) is 0 Å². The molecule has 1 aromatic carbocycles. The van der Waals surface area contributed by atoms with E-state index in [0.29, 0.717) is 5.56 Å². The van der Waals surface area contributed by atoms with Crippen molar-refractivity contribution in [2.75, 3.05) is 6.61 Å². The van der Waals surface area contributed by atoms with Gasteiger partial charge in [0.2, 0.25) is 5.91 Å². The van der Waals surface area contributed by atoms with Gasteiger partial charge in [-0.3, -0.25) is 4.79 Å². The van der Waals surface area contributed by atoms with E-state index in [2.05, 4.69) is 6.58 Å². The van der Waals surface area contributed by atoms with Crippen molar-refractivity contribution in [2.24, 2.45) is 5.73 Å². The predicted octanol–water partition coefficient (Wildman–Crippen LogP) is 1.44. The molecule has 0 saturated carbocycles. The van der Waals surface area contributed by atoms with Crippen LogP contribution in [0.25, 0.3) is 0 Å². The van der Waals surface area contributed by atoms with Crippen molar-refractivity contribution in [3.63, 3.8) is 0 Å². The Kier molecular flexibility index (Phi) is 3.63. The van der Waals surface area contributed by atoms with Crippen molar-refractivity contribution in [1.29, 1.82) is 0 Å². The van der Waals surface area contributed by atoms with Crippen LogP contribution in [0.3, 0.4) is 0 Å². The number of hydrogen-bond donors (Lipinski definition) is 2. The molecule has 15 heavy (non-hydrogen) atoms. The summed E-state index contributed by atoms with van der Waals surface area (Å²) in [6, 6.07) is 7.00. The number of primary amides is 1. The second-order valence-corrected chi connectivity index (χ2v) is 3.53. The SMILES string of the molecule is C=C(C)C(CO)c1ccccc1C(N)=O. The summed E-state index contributed by atoms with van der Waals surface area (Å²) in [4.78, 5) is 11.2. The fourth-order valence-corrected chi connectivity index (χ4v) is 1.54. The fraction of sp³-hybridized carbons (Fsp3) is 0.250. The standard InChI is InChI=1S/C12H15NO2/c1-8(2)11(7-14)9-5-3-4-6-10(9)12(13)15/h3-6,11,14H,1,7H2,2H3,(H2,13,15).